The number of carbonyl (C=O) groups excluding carboxylic acids is 1. The van der Waals surface area contributed by atoms with E-state index in [0.29, 0.717) is 10.7 Å². The molecule has 1 aromatic carbocycles. The second kappa shape index (κ2) is 5.51. The lowest BCUT2D eigenvalue weighted by Gasteiger charge is -2.38. The van der Waals surface area contributed by atoms with Crippen molar-refractivity contribution < 1.29 is 4.79 Å². The third kappa shape index (κ3) is 3.28. The molecule has 1 aliphatic rings. The highest BCUT2D eigenvalue weighted by atomic mass is 35.5. The van der Waals surface area contributed by atoms with Gasteiger partial charge in [-0.1, -0.05) is 31.5 Å². The molecule has 2 rings (SSSR count). The number of halogens is 1. The van der Waals surface area contributed by atoms with Crippen LogP contribution in [0.25, 0.3) is 0 Å². The number of anilines is 1. The van der Waals surface area contributed by atoms with Gasteiger partial charge in [0.15, 0.2) is 0 Å². The van der Waals surface area contributed by atoms with E-state index in [1.165, 1.54) is 0 Å². The third-order valence-corrected chi connectivity index (χ3v) is 4.10. The van der Waals surface area contributed by atoms with Crippen LogP contribution in [0.2, 0.25) is 5.02 Å². The number of nitrogens with one attached hydrogen (secondary N) is 2. The summed E-state index contributed by atoms with van der Waals surface area (Å²) < 4.78 is 0. The summed E-state index contributed by atoms with van der Waals surface area (Å²) in [4.78, 5) is 12.4. The molecule has 1 unspecified atom stereocenters. The Hall–Kier alpha value is -1.06. The Morgan fingerprint density at radius 3 is 2.89 bits per heavy atom. The lowest BCUT2D eigenvalue weighted by atomic mass is 9.77. The van der Waals surface area contributed by atoms with Crippen LogP contribution < -0.4 is 10.6 Å². The Kier molecular flexibility index (Phi) is 4.16. The summed E-state index contributed by atoms with van der Waals surface area (Å²) in [7, 11) is 0. The van der Waals surface area contributed by atoms with Crippen LogP contribution in [0.5, 0.6) is 0 Å². The number of rotatable bonds is 2. The highest BCUT2D eigenvalue weighted by molar-refractivity contribution is 6.33. The van der Waals surface area contributed by atoms with Crippen molar-refractivity contribution in [3.05, 3.63) is 28.8 Å². The molecular weight excluding hydrogens is 260 g/mol. The predicted octanol–water partition coefficient (Wildman–Crippen LogP) is 3.37. The molecule has 1 saturated heterocycles. The Labute approximate surface area is 119 Å². The molecule has 0 spiro atoms. The van der Waals surface area contributed by atoms with Crippen LogP contribution in [0.4, 0.5) is 5.69 Å². The number of benzene rings is 1. The largest absolute Gasteiger partial charge is 0.323 e. The predicted molar refractivity (Wildman–Crippen MR) is 79.6 cm³/mol. The molecule has 0 aromatic heterocycles. The lowest BCUT2D eigenvalue weighted by molar-refractivity contribution is -0.121. The minimum absolute atomic E-state index is 0.00259. The Morgan fingerprint density at radius 1 is 1.47 bits per heavy atom. The summed E-state index contributed by atoms with van der Waals surface area (Å²) in [6, 6.07) is 5.47. The smallest absolute Gasteiger partial charge is 0.242 e. The molecule has 1 fully saturated rings. The maximum atomic E-state index is 12.4. The Balaban J connectivity index is 2.14. The fourth-order valence-electron chi connectivity index (χ4n) is 2.60. The maximum absolute atomic E-state index is 12.4. The van der Waals surface area contributed by atoms with Gasteiger partial charge in [0.25, 0.3) is 0 Å². The van der Waals surface area contributed by atoms with Gasteiger partial charge in [-0.15, -0.1) is 0 Å². The second-order valence-electron chi connectivity index (χ2n) is 5.95. The van der Waals surface area contributed by atoms with Crippen molar-refractivity contribution in [3.8, 4) is 0 Å². The molecule has 1 heterocycles. The van der Waals surface area contributed by atoms with E-state index in [0.717, 1.165) is 24.9 Å². The summed E-state index contributed by atoms with van der Waals surface area (Å²) in [5.41, 5.74) is 1.74. The minimum atomic E-state index is -0.169. The third-order valence-electron chi connectivity index (χ3n) is 3.77. The van der Waals surface area contributed by atoms with Crippen molar-refractivity contribution in [2.45, 2.75) is 39.7 Å². The Bertz CT molecular complexity index is 485. The number of piperidine rings is 1. The van der Waals surface area contributed by atoms with Crippen LogP contribution in [0.1, 0.15) is 32.3 Å². The van der Waals surface area contributed by atoms with Gasteiger partial charge < -0.3 is 10.6 Å². The van der Waals surface area contributed by atoms with Crippen molar-refractivity contribution in [2.75, 3.05) is 11.9 Å². The van der Waals surface area contributed by atoms with Crippen LogP contribution in [0.15, 0.2) is 18.2 Å². The van der Waals surface area contributed by atoms with Gasteiger partial charge in [-0.25, -0.2) is 0 Å². The van der Waals surface area contributed by atoms with E-state index in [1.54, 1.807) is 0 Å². The fourth-order valence-corrected chi connectivity index (χ4v) is 2.76. The van der Waals surface area contributed by atoms with Gasteiger partial charge in [-0.2, -0.15) is 0 Å². The molecule has 1 aromatic rings. The molecule has 0 bridgehead atoms. The SMILES string of the molecule is Cc1ccc(Cl)c(NC(=O)C2NCCCC2(C)C)c1. The molecule has 0 saturated carbocycles. The van der Waals surface area contributed by atoms with E-state index in [-0.39, 0.29) is 17.4 Å². The summed E-state index contributed by atoms with van der Waals surface area (Å²) in [5, 5.41) is 6.83. The topological polar surface area (TPSA) is 41.1 Å². The van der Waals surface area contributed by atoms with E-state index < -0.39 is 0 Å². The summed E-state index contributed by atoms with van der Waals surface area (Å²) in [6.45, 7) is 7.13. The van der Waals surface area contributed by atoms with Crippen molar-refractivity contribution in [3.63, 3.8) is 0 Å². The molecule has 2 N–H and O–H groups in total. The van der Waals surface area contributed by atoms with Gasteiger partial charge >= 0.3 is 0 Å². The minimum Gasteiger partial charge on any atom is -0.323 e. The van der Waals surface area contributed by atoms with Crippen molar-refractivity contribution in [1.29, 1.82) is 0 Å². The van der Waals surface area contributed by atoms with E-state index in [1.807, 2.05) is 25.1 Å². The van der Waals surface area contributed by atoms with Gasteiger partial charge in [0.05, 0.1) is 16.8 Å². The van der Waals surface area contributed by atoms with Crippen molar-refractivity contribution in [2.24, 2.45) is 5.41 Å². The first kappa shape index (κ1) is 14.4. The summed E-state index contributed by atoms with van der Waals surface area (Å²) in [5.74, 6) is -0.00259. The van der Waals surface area contributed by atoms with Gasteiger partial charge in [-0.05, 0) is 49.4 Å². The van der Waals surface area contributed by atoms with Crippen LogP contribution in [-0.2, 0) is 4.79 Å². The molecule has 19 heavy (non-hydrogen) atoms. The number of aryl methyl sites for hydroxylation is 1. The number of carbonyl (C=O) groups is 1. The molecule has 1 aliphatic heterocycles. The Morgan fingerprint density at radius 2 is 2.21 bits per heavy atom. The van der Waals surface area contributed by atoms with E-state index in [9.17, 15) is 4.79 Å². The first-order chi connectivity index (χ1) is 8.90. The van der Waals surface area contributed by atoms with Crippen LogP contribution in [0, 0.1) is 12.3 Å². The number of amides is 1. The van der Waals surface area contributed by atoms with Crippen LogP contribution >= 0.6 is 11.6 Å². The van der Waals surface area contributed by atoms with Gasteiger partial charge in [0, 0.05) is 0 Å². The quantitative estimate of drug-likeness (QED) is 0.872. The zero-order valence-electron chi connectivity index (χ0n) is 11.7. The molecule has 0 aliphatic carbocycles. The molecule has 1 atom stereocenters. The summed E-state index contributed by atoms with van der Waals surface area (Å²) >= 11 is 6.12. The molecular formula is C15H21ClN2O. The standard InChI is InChI=1S/C15H21ClN2O/c1-10-5-6-11(16)12(9-10)18-14(19)13-15(2,3)7-4-8-17-13/h5-6,9,13,17H,4,7-8H2,1-3H3,(H,18,19). The van der Waals surface area contributed by atoms with Gasteiger partial charge in [-0.3, -0.25) is 4.79 Å². The second-order valence-corrected chi connectivity index (χ2v) is 6.36. The van der Waals surface area contributed by atoms with Gasteiger partial charge in [0.1, 0.15) is 0 Å². The molecule has 104 valence electrons. The molecule has 1 amide bonds. The molecule has 3 nitrogen and oxygen atoms in total. The van der Waals surface area contributed by atoms with Crippen molar-refractivity contribution >= 4 is 23.2 Å². The average Bonchev–Trinajstić information content (AvgIpc) is 2.33. The van der Waals surface area contributed by atoms with Gasteiger partial charge in [0.2, 0.25) is 5.91 Å². The summed E-state index contributed by atoms with van der Waals surface area (Å²) in [6.07, 6.45) is 2.17. The fraction of sp³-hybridized carbons (Fsp3) is 0.533. The monoisotopic (exact) mass is 280 g/mol. The zero-order chi connectivity index (χ0) is 14.0. The number of hydrogen-bond donors (Lipinski definition) is 2. The highest BCUT2D eigenvalue weighted by Crippen LogP contribution is 2.31. The van der Waals surface area contributed by atoms with Crippen LogP contribution in [0.3, 0.4) is 0 Å². The highest BCUT2D eigenvalue weighted by Gasteiger charge is 2.37. The number of hydrogen-bond acceptors (Lipinski definition) is 2. The van der Waals surface area contributed by atoms with E-state index in [4.69, 9.17) is 11.6 Å². The lowest BCUT2D eigenvalue weighted by Crippen LogP contribution is -2.53. The van der Waals surface area contributed by atoms with Crippen molar-refractivity contribution in [1.82, 2.24) is 5.32 Å². The zero-order valence-corrected chi connectivity index (χ0v) is 12.5. The normalized spacial score (nSPS) is 22.0. The van der Waals surface area contributed by atoms with E-state index >= 15 is 0 Å². The van der Waals surface area contributed by atoms with Crippen LogP contribution in [-0.4, -0.2) is 18.5 Å². The molecule has 4 heteroatoms. The average molecular weight is 281 g/mol. The maximum Gasteiger partial charge on any atom is 0.242 e. The van der Waals surface area contributed by atoms with E-state index in [2.05, 4.69) is 24.5 Å². The first-order valence-corrected chi connectivity index (χ1v) is 7.08. The first-order valence-electron chi connectivity index (χ1n) is 6.70. The molecule has 0 radical (unpaired) electrons.